The Morgan fingerprint density at radius 3 is 2.86 bits per heavy atom. The zero-order chi connectivity index (χ0) is 19.2. The molecular formula is C19H16N4O4S. The van der Waals surface area contributed by atoms with Crippen molar-refractivity contribution in [1.82, 2.24) is 15.1 Å². The molecule has 0 radical (unpaired) electrons. The molecule has 4 rings (SSSR count). The maximum Gasteiger partial charge on any atom is 0.306 e. The van der Waals surface area contributed by atoms with Crippen molar-refractivity contribution in [2.24, 2.45) is 0 Å². The highest BCUT2D eigenvalue weighted by Crippen LogP contribution is 2.21. The minimum atomic E-state index is -0.358. The Morgan fingerprint density at radius 1 is 1.14 bits per heavy atom. The largest absolute Gasteiger partial charge is 0.461 e. The van der Waals surface area contributed by atoms with Crippen LogP contribution in [-0.2, 0) is 22.6 Å². The van der Waals surface area contributed by atoms with Crippen molar-refractivity contribution in [3.63, 3.8) is 0 Å². The second kappa shape index (κ2) is 8.49. The van der Waals surface area contributed by atoms with Gasteiger partial charge in [-0.15, -0.1) is 11.3 Å². The zero-order valence-electron chi connectivity index (χ0n) is 14.7. The first-order valence-corrected chi connectivity index (χ1v) is 9.43. The number of para-hydroxylation sites is 1. The number of hydrogen-bond acceptors (Lipinski definition) is 9. The molecule has 0 fully saturated rings. The van der Waals surface area contributed by atoms with Crippen molar-refractivity contribution in [3.05, 3.63) is 65.7 Å². The maximum atomic E-state index is 12.0. The number of benzene rings is 1. The summed E-state index contributed by atoms with van der Waals surface area (Å²) in [6, 6.07) is 13.2. The summed E-state index contributed by atoms with van der Waals surface area (Å²) in [6.45, 7) is 0.118. The Balaban J connectivity index is 1.23. The van der Waals surface area contributed by atoms with Gasteiger partial charge in [-0.2, -0.15) is 4.98 Å². The average molecular weight is 396 g/mol. The lowest BCUT2D eigenvalue weighted by Gasteiger charge is -2.02. The van der Waals surface area contributed by atoms with E-state index >= 15 is 0 Å². The van der Waals surface area contributed by atoms with Gasteiger partial charge in [-0.1, -0.05) is 23.4 Å². The van der Waals surface area contributed by atoms with Gasteiger partial charge >= 0.3 is 5.97 Å². The van der Waals surface area contributed by atoms with E-state index in [9.17, 15) is 4.79 Å². The van der Waals surface area contributed by atoms with Gasteiger partial charge in [0.15, 0.2) is 10.9 Å². The van der Waals surface area contributed by atoms with Crippen molar-refractivity contribution in [2.75, 3.05) is 5.32 Å². The van der Waals surface area contributed by atoms with E-state index in [1.807, 2.05) is 35.7 Å². The van der Waals surface area contributed by atoms with E-state index in [-0.39, 0.29) is 19.0 Å². The van der Waals surface area contributed by atoms with E-state index < -0.39 is 0 Å². The second-order valence-corrected chi connectivity index (χ2v) is 6.64. The molecule has 9 heteroatoms. The van der Waals surface area contributed by atoms with Crippen LogP contribution in [0.1, 0.15) is 18.0 Å². The van der Waals surface area contributed by atoms with Crippen LogP contribution in [0.5, 0.6) is 0 Å². The van der Waals surface area contributed by atoms with Gasteiger partial charge in [0, 0.05) is 17.5 Å². The van der Waals surface area contributed by atoms with Gasteiger partial charge in [0.05, 0.1) is 18.4 Å². The molecule has 0 saturated heterocycles. The monoisotopic (exact) mass is 396 g/mol. The number of esters is 1. The van der Waals surface area contributed by atoms with Gasteiger partial charge < -0.3 is 19.0 Å². The summed E-state index contributed by atoms with van der Waals surface area (Å²) >= 11 is 1.45. The van der Waals surface area contributed by atoms with Gasteiger partial charge in [0.2, 0.25) is 11.7 Å². The van der Waals surface area contributed by atoms with Crippen LogP contribution in [0.3, 0.4) is 0 Å². The fourth-order valence-corrected chi connectivity index (χ4v) is 3.09. The summed E-state index contributed by atoms with van der Waals surface area (Å²) in [5.41, 5.74) is 1.64. The number of nitrogens with one attached hydrogen (secondary N) is 1. The molecule has 4 aromatic rings. The molecule has 1 N–H and O–H groups in total. The van der Waals surface area contributed by atoms with Crippen molar-refractivity contribution in [2.45, 2.75) is 19.4 Å². The first kappa shape index (κ1) is 17.9. The molecule has 0 saturated carbocycles. The number of anilines is 2. The minimum absolute atomic E-state index is 0.118. The Bertz CT molecular complexity index is 1030. The SMILES string of the molecule is O=C(CCc1nc(-c2ccco2)no1)OCc1csc(Nc2ccccc2)n1. The molecule has 0 spiro atoms. The van der Waals surface area contributed by atoms with Gasteiger partial charge in [-0.05, 0) is 24.3 Å². The smallest absolute Gasteiger partial charge is 0.306 e. The van der Waals surface area contributed by atoms with Crippen LogP contribution in [0, 0.1) is 0 Å². The van der Waals surface area contributed by atoms with Crippen LogP contribution < -0.4 is 5.32 Å². The molecule has 0 amide bonds. The van der Waals surface area contributed by atoms with Crippen LogP contribution >= 0.6 is 11.3 Å². The summed E-state index contributed by atoms with van der Waals surface area (Å²) < 4.78 is 15.6. The molecule has 8 nitrogen and oxygen atoms in total. The molecule has 3 heterocycles. The fourth-order valence-electron chi connectivity index (χ4n) is 2.37. The first-order valence-electron chi connectivity index (χ1n) is 8.55. The first-order chi connectivity index (χ1) is 13.8. The number of aryl methyl sites for hydroxylation is 1. The summed E-state index contributed by atoms with van der Waals surface area (Å²) in [5, 5.41) is 9.62. The van der Waals surface area contributed by atoms with E-state index in [4.69, 9.17) is 13.7 Å². The molecule has 0 aliphatic heterocycles. The van der Waals surface area contributed by atoms with E-state index in [0.29, 0.717) is 29.6 Å². The number of ether oxygens (including phenoxy) is 1. The lowest BCUT2D eigenvalue weighted by molar-refractivity contribution is -0.145. The van der Waals surface area contributed by atoms with Crippen LogP contribution in [0.25, 0.3) is 11.6 Å². The molecule has 0 bridgehead atoms. The summed E-state index contributed by atoms with van der Waals surface area (Å²) in [4.78, 5) is 20.5. The van der Waals surface area contributed by atoms with E-state index in [1.165, 1.54) is 17.6 Å². The number of nitrogens with zero attached hydrogens (tertiary/aromatic N) is 3. The highest BCUT2D eigenvalue weighted by Gasteiger charge is 2.13. The lowest BCUT2D eigenvalue weighted by atomic mass is 10.3. The Morgan fingerprint density at radius 2 is 2.04 bits per heavy atom. The molecule has 28 heavy (non-hydrogen) atoms. The van der Waals surface area contributed by atoms with E-state index in [1.54, 1.807) is 12.1 Å². The Labute approximate surface area is 164 Å². The predicted molar refractivity (Wildman–Crippen MR) is 102 cm³/mol. The molecule has 142 valence electrons. The Kier molecular flexibility index (Phi) is 5.43. The number of rotatable bonds is 8. The number of carbonyl (C=O) groups is 1. The average Bonchev–Trinajstić information content (AvgIpc) is 3.47. The molecule has 0 atom stereocenters. The molecule has 1 aromatic carbocycles. The summed E-state index contributed by atoms with van der Waals surface area (Å²) in [7, 11) is 0. The van der Waals surface area contributed by atoms with Crippen LogP contribution in [0.15, 0.2) is 63.0 Å². The van der Waals surface area contributed by atoms with Gasteiger partial charge in [0.25, 0.3) is 0 Å². The van der Waals surface area contributed by atoms with Crippen molar-refractivity contribution >= 4 is 28.1 Å². The van der Waals surface area contributed by atoms with Crippen LogP contribution in [0.2, 0.25) is 0 Å². The highest BCUT2D eigenvalue weighted by molar-refractivity contribution is 7.13. The molecule has 0 aliphatic carbocycles. The summed E-state index contributed by atoms with van der Waals surface area (Å²) in [5.74, 6) is 0.866. The molecule has 3 aromatic heterocycles. The summed E-state index contributed by atoms with van der Waals surface area (Å²) in [6.07, 6.45) is 1.96. The Hall–Kier alpha value is -3.46. The second-order valence-electron chi connectivity index (χ2n) is 5.78. The zero-order valence-corrected chi connectivity index (χ0v) is 15.5. The third-order valence-corrected chi connectivity index (χ3v) is 4.52. The fraction of sp³-hybridized carbons (Fsp3) is 0.158. The third-order valence-electron chi connectivity index (χ3n) is 3.71. The maximum absolute atomic E-state index is 12.0. The quantitative estimate of drug-likeness (QED) is 0.442. The predicted octanol–water partition coefficient (Wildman–Crippen LogP) is 4.21. The van der Waals surface area contributed by atoms with Gasteiger partial charge in [0.1, 0.15) is 6.61 Å². The van der Waals surface area contributed by atoms with Crippen molar-refractivity contribution in [3.8, 4) is 11.6 Å². The highest BCUT2D eigenvalue weighted by atomic mass is 32.1. The standard InChI is InChI=1S/C19H16N4O4S/c24-17(9-8-16-22-18(23-27-16)15-7-4-10-25-15)26-11-14-12-28-19(21-14)20-13-5-2-1-3-6-13/h1-7,10,12H,8-9,11H2,(H,20,21). The van der Waals surface area contributed by atoms with Crippen molar-refractivity contribution < 1.29 is 18.5 Å². The number of thiazole rings is 1. The lowest BCUT2D eigenvalue weighted by Crippen LogP contribution is -2.06. The molecular weight excluding hydrogens is 380 g/mol. The van der Waals surface area contributed by atoms with E-state index in [0.717, 1.165) is 10.8 Å². The number of hydrogen-bond donors (Lipinski definition) is 1. The van der Waals surface area contributed by atoms with Gasteiger partial charge in [-0.25, -0.2) is 4.98 Å². The topological polar surface area (TPSA) is 103 Å². The molecule has 0 unspecified atom stereocenters. The molecule has 0 aliphatic rings. The number of carbonyl (C=O) groups excluding carboxylic acids is 1. The number of furan rings is 1. The third kappa shape index (κ3) is 4.63. The minimum Gasteiger partial charge on any atom is -0.461 e. The van der Waals surface area contributed by atoms with Gasteiger partial charge in [-0.3, -0.25) is 4.79 Å². The van der Waals surface area contributed by atoms with Crippen LogP contribution in [0.4, 0.5) is 10.8 Å². The normalized spacial score (nSPS) is 10.7. The number of aromatic nitrogens is 3. The van der Waals surface area contributed by atoms with Crippen LogP contribution in [-0.4, -0.2) is 21.1 Å². The van der Waals surface area contributed by atoms with Crippen molar-refractivity contribution in [1.29, 1.82) is 0 Å². The van der Waals surface area contributed by atoms with E-state index in [2.05, 4.69) is 20.4 Å².